The van der Waals surface area contributed by atoms with Crippen LogP contribution in [-0.2, 0) is 13.0 Å². The number of hydrogen-bond acceptors (Lipinski definition) is 4. The summed E-state index contributed by atoms with van der Waals surface area (Å²) >= 11 is 12.9. The molecule has 4 aromatic rings. The van der Waals surface area contributed by atoms with E-state index in [9.17, 15) is 14.3 Å². The Bertz CT molecular complexity index is 1480. The molecular weight excluding hydrogens is 540 g/mol. The second kappa shape index (κ2) is 12.1. The molecular formula is C30H30Cl2FN3O3. The lowest BCUT2D eigenvalue weighted by Crippen LogP contribution is -2.21. The van der Waals surface area contributed by atoms with Crippen LogP contribution < -0.4 is 9.64 Å². The number of likely N-dealkylation sites (N-methyl/N-ethyl adjacent to an activating group) is 1. The number of aromatic nitrogens is 2. The lowest BCUT2D eigenvalue weighted by Gasteiger charge is -2.22. The number of rotatable bonds is 10. The maximum atomic E-state index is 13.7. The van der Waals surface area contributed by atoms with Gasteiger partial charge in [0.2, 0.25) is 0 Å². The smallest absolute Gasteiger partial charge is 0.338 e. The second-order valence-corrected chi connectivity index (χ2v) is 10.5. The van der Waals surface area contributed by atoms with Gasteiger partial charge in [0.25, 0.3) is 0 Å². The van der Waals surface area contributed by atoms with Crippen molar-refractivity contribution in [2.75, 3.05) is 18.5 Å². The normalized spacial score (nSPS) is 11.2. The number of benzene rings is 3. The van der Waals surface area contributed by atoms with E-state index in [-0.39, 0.29) is 18.1 Å². The minimum atomic E-state index is -1.27. The highest BCUT2D eigenvalue weighted by Gasteiger charge is 2.19. The molecule has 0 bridgehead atoms. The third-order valence-electron chi connectivity index (χ3n) is 6.62. The van der Waals surface area contributed by atoms with Gasteiger partial charge in [-0.1, -0.05) is 49.2 Å². The maximum Gasteiger partial charge on any atom is 0.338 e. The van der Waals surface area contributed by atoms with Gasteiger partial charge >= 0.3 is 5.97 Å². The summed E-state index contributed by atoms with van der Waals surface area (Å²) in [4.78, 5) is 13.3. The number of halogens is 3. The van der Waals surface area contributed by atoms with Crippen LogP contribution in [0.1, 0.15) is 52.5 Å². The van der Waals surface area contributed by atoms with Crippen molar-refractivity contribution in [1.29, 1.82) is 0 Å². The van der Waals surface area contributed by atoms with Gasteiger partial charge in [-0.25, -0.2) is 13.9 Å². The van der Waals surface area contributed by atoms with E-state index in [1.54, 1.807) is 28.9 Å². The first kappa shape index (κ1) is 28.5. The van der Waals surface area contributed by atoms with Crippen LogP contribution in [-0.4, -0.2) is 34.4 Å². The number of para-hydroxylation sites is 1. The minimum absolute atomic E-state index is 0.226. The zero-order valence-electron chi connectivity index (χ0n) is 22.2. The fraction of sp³-hybridized carbons (Fsp3) is 0.267. The summed E-state index contributed by atoms with van der Waals surface area (Å²) in [7, 11) is 1.96. The highest BCUT2D eigenvalue weighted by molar-refractivity contribution is 6.37. The summed E-state index contributed by atoms with van der Waals surface area (Å²) in [6, 6.07) is 15.4. The van der Waals surface area contributed by atoms with E-state index >= 15 is 0 Å². The number of anilines is 1. The van der Waals surface area contributed by atoms with E-state index in [1.165, 1.54) is 12.1 Å². The molecule has 6 nitrogen and oxygen atoms in total. The average molecular weight is 570 g/mol. The first-order chi connectivity index (χ1) is 18.6. The molecule has 1 heterocycles. The number of aryl methyl sites for hydroxylation is 1. The van der Waals surface area contributed by atoms with E-state index < -0.39 is 11.8 Å². The fourth-order valence-electron chi connectivity index (χ4n) is 4.50. The van der Waals surface area contributed by atoms with E-state index in [4.69, 9.17) is 27.9 Å². The van der Waals surface area contributed by atoms with Gasteiger partial charge in [-0.15, -0.1) is 0 Å². The molecule has 0 amide bonds. The monoisotopic (exact) mass is 569 g/mol. The summed E-state index contributed by atoms with van der Waals surface area (Å²) in [6.07, 6.45) is 2.40. The van der Waals surface area contributed by atoms with Gasteiger partial charge in [0.15, 0.2) is 0 Å². The molecule has 3 aromatic carbocycles. The van der Waals surface area contributed by atoms with Crippen LogP contribution in [0.25, 0.3) is 5.69 Å². The molecule has 0 unspecified atom stereocenters. The van der Waals surface area contributed by atoms with Crippen LogP contribution in [0.3, 0.4) is 0 Å². The summed E-state index contributed by atoms with van der Waals surface area (Å²) in [5, 5.41) is 14.8. The van der Waals surface area contributed by atoms with Crippen molar-refractivity contribution in [2.24, 2.45) is 0 Å². The number of aromatic carboxylic acids is 1. The molecule has 9 heteroatoms. The van der Waals surface area contributed by atoms with Gasteiger partial charge in [-0.2, -0.15) is 5.10 Å². The number of nitrogens with zero attached hydrogens (tertiary/aromatic N) is 3. The van der Waals surface area contributed by atoms with E-state index in [2.05, 4.69) is 23.8 Å². The van der Waals surface area contributed by atoms with Crippen molar-refractivity contribution in [3.05, 3.63) is 105 Å². The molecule has 0 fully saturated rings. The first-order valence-electron chi connectivity index (χ1n) is 12.5. The largest absolute Gasteiger partial charge is 0.487 e. The van der Waals surface area contributed by atoms with Gasteiger partial charge in [-0.3, -0.25) is 0 Å². The van der Waals surface area contributed by atoms with E-state index in [0.717, 1.165) is 28.1 Å². The van der Waals surface area contributed by atoms with Gasteiger partial charge in [0, 0.05) is 19.3 Å². The molecule has 0 saturated heterocycles. The SMILES string of the molecule is Cc1cc(OCc2c(C(C)C)cnn2-c2c(Cl)cccc2Cl)ccc1N(C)CCc1ccc(F)c(C(=O)O)c1. The quantitative estimate of drug-likeness (QED) is 0.212. The lowest BCUT2D eigenvalue weighted by atomic mass is 10.0. The van der Waals surface area contributed by atoms with Crippen molar-refractivity contribution in [1.82, 2.24) is 9.78 Å². The molecule has 0 atom stereocenters. The Labute approximate surface area is 237 Å². The summed E-state index contributed by atoms with van der Waals surface area (Å²) < 4.78 is 21.7. The number of carboxylic acids is 1. The van der Waals surface area contributed by atoms with E-state index in [0.29, 0.717) is 34.4 Å². The third-order valence-corrected chi connectivity index (χ3v) is 7.23. The van der Waals surface area contributed by atoms with Crippen LogP contribution in [0.5, 0.6) is 5.75 Å². The fourth-order valence-corrected chi connectivity index (χ4v) is 5.06. The Hall–Kier alpha value is -3.55. The summed E-state index contributed by atoms with van der Waals surface area (Å²) in [6.45, 7) is 7.11. The minimum Gasteiger partial charge on any atom is -0.487 e. The highest BCUT2D eigenvalue weighted by Crippen LogP contribution is 2.32. The van der Waals surface area contributed by atoms with Gasteiger partial charge in [0.1, 0.15) is 23.9 Å². The molecule has 0 aliphatic carbocycles. The Morgan fingerprint density at radius 2 is 1.85 bits per heavy atom. The third kappa shape index (κ3) is 6.37. The Morgan fingerprint density at radius 3 is 2.49 bits per heavy atom. The average Bonchev–Trinajstić information content (AvgIpc) is 3.30. The highest BCUT2D eigenvalue weighted by atomic mass is 35.5. The lowest BCUT2D eigenvalue weighted by molar-refractivity contribution is 0.0691. The van der Waals surface area contributed by atoms with Crippen LogP contribution in [0.15, 0.2) is 60.8 Å². The van der Waals surface area contributed by atoms with Crippen molar-refractivity contribution in [3.63, 3.8) is 0 Å². The molecule has 0 aliphatic heterocycles. The van der Waals surface area contributed by atoms with Crippen LogP contribution in [0.2, 0.25) is 10.0 Å². The van der Waals surface area contributed by atoms with Crippen molar-refractivity contribution >= 4 is 34.9 Å². The molecule has 39 heavy (non-hydrogen) atoms. The van der Waals surface area contributed by atoms with Gasteiger partial charge < -0.3 is 14.7 Å². The van der Waals surface area contributed by atoms with Crippen LogP contribution in [0, 0.1) is 12.7 Å². The number of carbonyl (C=O) groups is 1. The molecule has 0 aliphatic rings. The van der Waals surface area contributed by atoms with Crippen LogP contribution in [0.4, 0.5) is 10.1 Å². The molecule has 4 rings (SSSR count). The zero-order valence-corrected chi connectivity index (χ0v) is 23.7. The van der Waals surface area contributed by atoms with E-state index in [1.807, 2.05) is 38.4 Å². The second-order valence-electron chi connectivity index (χ2n) is 9.71. The Balaban J connectivity index is 1.48. The predicted octanol–water partition coefficient (Wildman–Crippen LogP) is 7.71. The Morgan fingerprint density at radius 1 is 1.13 bits per heavy atom. The number of ether oxygens (including phenoxy) is 1. The molecule has 1 aromatic heterocycles. The topological polar surface area (TPSA) is 67.6 Å². The van der Waals surface area contributed by atoms with Gasteiger partial charge in [0.05, 0.1) is 27.5 Å². The summed E-state index contributed by atoms with van der Waals surface area (Å²) in [5.41, 5.74) is 5.02. The van der Waals surface area contributed by atoms with Gasteiger partial charge in [-0.05, 0) is 78.4 Å². The molecule has 204 valence electrons. The van der Waals surface area contributed by atoms with Crippen molar-refractivity contribution in [2.45, 2.75) is 39.7 Å². The molecule has 0 spiro atoms. The summed E-state index contributed by atoms with van der Waals surface area (Å²) in [5.74, 6) is -1.07. The first-order valence-corrected chi connectivity index (χ1v) is 13.3. The van der Waals surface area contributed by atoms with Crippen LogP contribution >= 0.6 is 23.2 Å². The predicted molar refractivity (Wildman–Crippen MR) is 154 cm³/mol. The maximum absolute atomic E-state index is 13.7. The molecule has 0 radical (unpaired) electrons. The standard InChI is InChI=1S/C30H30Cl2FN3O3/c1-18(2)23-16-34-36(29-24(31)6-5-7-25(29)32)28(23)17-39-21-9-11-27(19(3)14-21)35(4)13-12-20-8-10-26(33)22(15-20)30(37)38/h5-11,14-16,18H,12-13,17H2,1-4H3,(H,37,38). The Kier molecular flexibility index (Phi) is 8.83. The number of hydrogen-bond donors (Lipinski definition) is 1. The van der Waals surface area contributed by atoms with Crippen molar-refractivity contribution < 1.29 is 19.0 Å². The zero-order chi connectivity index (χ0) is 28.3. The molecule has 0 saturated carbocycles. The number of carboxylic acid groups (broad SMARTS) is 1. The molecule has 1 N–H and O–H groups in total. The van der Waals surface area contributed by atoms with Crippen molar-refractivity contribution in [3.8, 4) is 11.4 Å².